The van der Waals surface area contributed by atoms with Crippen molar-refractivity contribution in [3.8, 4) is 0 Å². The smallest absolute Gasteiger partial charge is 0.294 e. The highest BCUT2D eigenvalue weighted by Gasteiger charge is 2.03. The molecule has 0 unspecified atom stereocenters. The summed E-state index contributed by atoms with van der Waals surface area (Å²) in [6.07, 6.45) is 2.82. The van der Waals surface area contributed by atoms with E-state index in [0.717, 1.165) is 25.2 Å². The Morgan fingerprint density at radius 3 is 2.93 bits per heavy atom. The van der Waals surface area contributed by atoms with Gasteiger partial charge in [-0.15, -0.1) is 0 Å². The van der Waals surface area contributed by atoms with E-state index in [1.54, 1.807) is 6.26 Å². The van der Waals surface area contributed by atoms with Gasteiger partial charge in [0.05, 0.1) is 5.69 Å². The van der Waals surface area contributed by atoms with E-state index in [0.29, 0.717) is 12.1 Å². The standard InChI is InChI=1S/C10H19N3O/c1-4-5-11-6-9-7-14-10(13-9)12-8(2)3/h7-8,11H,4-6H2,1-3H3,(H,12,13). The maximum atomic E-state index is 5.24. The van der Waals surface area contributed by atoms with Crippen molar-refractivity contribution in [2.75, 3.05) is 11.9 Å². The van der Waals surface area contributed by atoms with E-state index >= 15 is 0 Å². The zero-order chi connectivity index (χ0) is 10.4. The van der Waals surface area contributed by atoms with Crippen LogP contribution in [0.5, 0.6) is 0 Å². The quantitative estimate of drug-likeness (QED) is 0.685. The van der Waals surface area contributed by atoms with E-state index in [4.69, 9.17) is 4.42 Å². The average Bonchev–Trinajstić information content (AvgIpc) is 2.52. The molecule has 0 atom stereocenters. The summed E-state index contributed by atoms with van der Waals surface area (Å²) in [4.78, 5) is 4.28. The Hall–Kier alpha value is -1.03. The highest BCUT2D eigenvalue weighted by Crippen LogP contribution is 2.08. The van der Waals surface area contributed by atoms with Crippen LogP contribution in [0.4, 0.5) is 6.01 Å². The molecule has 0 saturated carbocycles. The molecule has 80 valence electrons. The maximum absolute atomic E-state index is 5.24. The van der Waals surface area contributed by atoms with Gasteiger partial charge in [0.2, 0.25) is 0 Å². The monoisotopic (exact) mass is 197 g/mol. The molecule has 0 aliphatic carbocycles. The molecule has 4 heteroatoms. The fraction of sp³-hybridized carbons (Fsp3) is 0.700. The van der Waals surface area contributed by atoms with E-state index in [1.165, 1.54) is 0 Å². The molecular weight excluding hydrogens is 178 g/mol. The third kappa shape index (κ3) is 3.79. The lowest BCUT2D eigenvalue weighted by Gasteiger charge is -2.03. The molecule has 0 spiro atoms. The molecule has 0 saturated heterocycles. The highest BCUT2D eigenvalue weighted by atomic mass is 16.4. The van der Waals surface area contributed by atoms with Crippen LogP contribution in [0.15, 0.2) is 10.7 Å². The fourth-order valence-corrected chi connectivity index (χ4v) is 1.09. The Kier molecular flexibility index (Phi) is 4.46. The molecule has 0 fully saturated rings. The van der Waals surface area contributed by atoms with Crippen LogP contribution in [0.25, 0.3) is 0 Å². The largest absolute Gasteiger partial charge is 0.432 e. The van der Waals surface area contributed by atoms with Gasteiger partial charge in [-0.2, -0.15) is 4.98 Å². The molecule has 1 rings (SSSR count). The van der Waals surface area contributed by atoms with Gasteiger partial charge in [0.1, 0.15) is 6.26 Å². The summed E-state index contributed by atoms with van der Waals surface area (Å²) >= 11 is 0. The van der Waals surface area contributed by atoms with Crippen LogP contribution < -0.4 is 10.6 Å². The second kappa shape index (κ2) is 5.65. The molecule has 1 aromatic rings. The Morgan fingerprint density at radius 1 is 1.50 bits per heavy atom. The van der Waals surface area contributed by atoms with Crippen LogP contribution in [-0.4, -0.2) is 17.6 Å². The molecule has 0 bridgehead atoms. The first-order valence-corrected chi connectivity index (χ1v) is 5.14. The van der Waals surface area contributed by atoms with E-state index in [-0.39, 0.29) is 0 Å². The Bertz CT molecular complexity index is 258. The summed E-state index contributed by atoms with van der Waals surface area (Å²) in [5, 5.41) is 6.38. The van der Waals surface area contributed by atoms with Crippen LogP contribution in [0, 0.1) is 0 Å². The molecule has 1 heterocycles. The summed E-state index contributed by atoms with van der Waals surface area (Å²) in [5.41, 5.74) is 0.946. The molecule has 1 aromatic heterocycles. The second-order valence-electron chi connectivity index (χ2n) is 3.62. The summed E-state index contributed by atoms with van der Waals surface area (Å²) in [6.45, 7) is 8.04. The summed E-state index contributed by atoms with van der Waals surface area (Å²) in [5.74, 6) is 0. The van der Waals surface area contributed by atoms with E-state index < -0.39 is 0 Å². The average molecular weight is 197 g/mol. The number of nitrogens with zero attached hydrogens (tertiary/aromatic N) is 1. The van der Waals surface area contributed by atoms with Gasteiger partial charge in [-0.05, 0) is 26.8 Å². The number of hydrogen-bond donors (Lipinski definition) is 2. The minimum absolute atomic E-state index is 0.352. The number of oxazole rings is 1. The first kappa shape index (κ1) is 11.0. The second-order valence-corrected chi connectivity index (χ2v) is 3.62. The Balaban J connectivity index is 2.35. The number of nitrogens with one attached hydrogen (secondary N) is 2. The van der Waals surface area contributed by atoms with Crippen LogP contribution >= 0.6 is 0 Å². The van der Waals surface area contributed by atoms with Gasteiger partial charge in [-0.3, -0.25) is 0 Å². The van der Waals surface area contributed by atoms with Crippen LogP contribution in [0.3, 0.4) is 0 Å². The van der Waals surface area contributed by atoms with Crippen molar-refractivity contribution in [2.24, 2.45) is 0 Å². The molecule has 0 aromatic carbocycles. The minimum atomic E-state index is 0.352. The summed E-state index contributed by atoms with van der Waals surface area (Å²) < 4.78 is 5.24. The van der Waals surface area contributed by atoms with Crippen LogP contribution in [0.2, 0.25) is 0 Å². The Morgan fingerprint density at radius 2 is 2.29 bits per heavy atom. The third-order valence-corrected chi connectivity index (χ3v) is 1.70. The van der Waals surface area contributed by atoms with Gasteiger partial charge in [0.15, 0.2) is 0 Å². The topological polar surface area (TPSA) is 50.1 Å². The van der Waals surface area contributed by atoms with Gasteiger partial charge in [0.25, 0.3) is 6.01 Å². The first-order chi connectivity index (χ1) is 6.72. The zero-order valence-electron chi connectivity index (χ0n) is 9.13. The van der Waals surface area contributed by atoms with E-state index in [2.05, 4.69) is 36.4 Å². The van der Waals surface area contributed by atoms with Crippen molar-refractivity contribution in [1.82, 2.24) is 10.3 Å². The normalized spacial score (nSPS) is 10.9. The predicted octanol–water partition coefficient (Wildman–Crippen LogP) is 1.99. The van der Waals surface area contributed by atoms with Crippen molar-refractivity contribution in [2.45, 2.75) is 39.8 Å². The lowest BCUT2D eigenvalue weighted by molar-refractivity contribution is 0.561. The molecule has 4 nitrogen and oxygen atoms in total. The molecule has 0 aliphatic rings. The maximum Gasteiger partial charge on any atom is 0.294 e. The molecular formula is C10H19N3O. The SMILES string of the molecule is CCCNCc1coc(NC(C)C)n1. The summed E-state index contributed by atoms with van der Waals surface area (Å²) in [7, 11) is 0. The molecule has 2 N–H and O–H groups in total. The van der Waals surface area contributed by atoms with Gasteiger partial charge in [-0.1, -0.05) is 6.92 Å². The number of anilines is 1. The van der Waals surface area contributed by atoms with E-state index in [9.17, 15) is 0 Å². The van der Waals surface area contributed by atoms with Crippen LogP contribution in [-0.2, 0) is 6.54 Å². The highest BCUT2D eigenvalue weighted by molar-refractivity contribution is 5.22. The number of hydrogen-bond acceptors (Lipinski definition) is 4. The predicted molar refractivity (Wildman–Crippen MR) is 57.3 cm³/mol. The van der Waals surface area contributed by atoms with E-state index in [1.807, 2.05) is 0 Å². The molecule has 0 radical (unpaired) electrons. The van der Waals surface area contributed by atoms with Gasteiger partial charge >= 0.3 is 0 Å². The molecule has 0 amide bonds. The molecule has 14 heavy (non-hydrogen) atoms. The third-order valence-electron chi connectivity index (χ3n) is 1.70. The lowest BCUT2D eigenvalue weighted by Crippen LogP contribution is -2.14. The Labute approximate surface area is 85.1 Å². The van der Waals surface area contributed by atoms with Gasteiger partial charge in [0, 0.05) is 12.6 Å². The van der Waals surface area contributed by atoms with Crippen molar-refractivity contribution < 1.29 is 4.42 Å². The zero-order valence-corrected chi connectivity index (χ0v) is 9.13. The van der Waals surface area contributed by atoms with Crippen molar-refractivity contribution in [3.63, 3.8) is 0 Å². The van der Waals surface area contributed by atoms with Gasteiger partial charge in [-0.25, -0.2) is 0 Å². The van der Waals surface area contributed by atoms with Crippen molar-refractivity contribution in [3.05, 3.63) is 12.0 Å². The fourth-order valence-electron chi connectivity index (χ4n) is 1.09. The summed E-state index contributed by atoms with van der Waals surface area (Å²) in [6, 6.07) is 0.957. The molecule has 0 aliphatic heterocycles. The lowest BCUT2D eigenvalue weighted by atomic mass is 10.4. The van der Waals surface area contributed by atoms with Crippen molar-refractivity contribution >= 4 is 6.01 Å². The van der Waals surface area contributed by atoms with Gasteiger partial charge < -0.3 is 15.1 Å². The minimum Gasteiger partial charge on any atom is -0.432 e. The van der Waals surface area contributed by atoms with Crippen LogP contribution in [0.1, 0.15) is 32.9 Å². The first-order valence-electron chi connectivity index (χ1n) is 5.14. The van der Waals surface area contributed by atoms with Crippen molar-refractivity contribution in [1.29, 1.82) is 0 Å². The number of rotatable bonds is 6. The number of aromatic nitrogens is 1.